The molecular formula is C17H15ClF2N4OS. The van der Waals surface area contributed by atoms with Crippen LogP contribution in [0, 0.1) is 11.6 Å². The Balaban J connectivity index is 1.84. The maximum Gasteiger partial charge on any atom is 0.165 e. The van der Waals surface area contributed by atoms with E-state index in [9.17, 15) is 13.9 Å². The number of rotatable bonds is 3. The maximum absolute atomic E-state index is 14.3. The highest BCUT2D eigenvalue weighted by Crippen LogP contribution is 2.33. The lowest BCUT2D eigenvalue weighted by Crippen LogP contribution is -2.52. The molecule has 1 aliphatic rings. The molecule has 1 aliphatic heterocycles. The van der Waals surface area contributed by atoms with Crippen LogP contribution in [0.3, 0.4) is 0 Å². The van der Waals surface area contributed by atoms with Crippen molar-refractivity contribution in [1.82, 2.24) is 15.3 Å². The molecule has 1 atom stereocenters. The lowest BCUT2D eigenvalue weighted by Gasteiger charge is -2.34. The molecule has 3 aromatic rings. The van der Waals surface area contributed by atoms with Crippen LogP contribution in [0.4, 0.5) is 14.6 Å². The normalized spacial score (nSPS) is 17.8. The zero-order valence-electron chi connectivity index (χ0n) is 13.5. The van der Waals surface area contributed by atoms with Gasteiger partial charge in [0.2, 0.25) is 0 Å². The summed E-state index contributed by atoms with van der Waals surface area (Å²) in [7, 11) is 0. The van der Waals surface area contributed by atoms with Gasteiger partial charge >= 0.3 is 0 Å². The van der Waals surface area contributed by atoms with Gasteiger partial charge in [-0.2, -0.15) is 0 Å². The van der Waals surface area contributed by atoms with Crippen molar-refractivity contribution in [3.05, 3.63) is 40.2 Å². The van der Waals surface area contributed by atoms with Crippen molar-refractivity contribution < 1.29 is 13.9 Å². The average Bonchev–Trinajstić information content (AvgIpc) is 3.12. The number of benzene rings is 1. The van der Waals surface area contributed by atoms with E-state index in [-0.39, 0.29) is 29.1 Å². The standard InChI is InChI=1S/C17H15ClF2N4OS/c18-11-6-12(19)10(5-13(11)20)16-22-14-1-4-26-15(14)17(23-16)24-3-2-21-9(7-24)8-25/h1,4-6,9,21,25H,2-3,7-8H2. The van der Waals surface area contributed by atoms with Crippen LogP contribution in [0.1, 0.15) is 0 Å². The lowest BCUT2D eigenvalue weighted by molar-refractivity contribution is 0.235. The first-order chi connectivity index (χ1) is 12.6. The summed E-state index contributed by atoms with van der Waals surface area (Å²) in [6.07, 6.45) is 0. The number of hydrogen-bond acceptors (Lipinski definition) is 6. The number of aliphatic hydroxyl groups excluding tert-OH is 1. The van der Waals surface area contributed by atoms with Crippen LogP contribution in [0.2, 0.25) is 5.02 Å². The molecule has 4 rings (SSSR count). The van der Waals surface area contributed by atoms with Gasteiger partial charge in [-0.3, -0.25) is 0 Å². The molecule has 0 aliphatic carbocycles. The third-order valence-corrected chi connectivity index (χ3v) is 5.50. The second kappa shape index (κ2) is 7.03. The number of anilines is 1. The fourth-order valence-corrected chi connectivity index (χ4v) is 4.01. The molecule has 1 fully saturated rings. The van der Waals surface area contributed by atoms with Crippen molar-refractivity contribution in [1.29, 1.82) is 0 Å². The Kier molecular flexibility index (Phi) is 4.74. The van der Waals surface area contributed by atoms with Crippen LogP contribution in [0.25, 0.3) is 21.6 Å². The molecule has 26 heavy (non-hydrogen) atoms. The molecule has 0 radical (unpaired) electrons. The third kappa shape index (κ3) is 3.14. The van der Waals surface area contributed by atoms with Gasteiger partial charge < -0.3 is 15.3 Å². The second-order valence-corrected chi connectivity index (χ2v) is 7.35. The van der Waals surface area contributed by atoms with Crippen LogP contribution in [-0.2, 0) is 0 Å². The van der Waals surface area contributed by atoms with Crippen molar-refractivity contribution in [3.8, 4) is 11.4 Å². The largest absolute Gasteiger partial charge is 0.395 e. The Morgan fingerprint density at radius 1 is 1.31 bits per heavy atom. The van der Waals surface area contributed by atoms with Crippen molar-refractivity contribution >= 4 is 39.0 Å². The summed E-state index contributed by atoms with van der Waals surface area (Å²) in [5, 5.41) is 14.3. The van der Waals surface area contributed by atoms with Crippen LogP contribution in [0.5, 0.6) is 0 Å². The van der Waals surface area contributed by atoms with E-state index in [0.29, 0.717) is 31.0 Å². The number of aromatic nitrogens is 2. The summed E-state index contributed by atoms with van der Waals surface area (Å²) in [6.45, 7) is 1.97. The highest BCUT2D eigenvalue weighted by molar-refractivity contribution is 7.17. The lowest BCUT2D eigenvalue weighted by atomic mass is 10.2. The molecule has 0 bridgehead atoms. The number of hydrogen-bond donors (Lipinski definition) is 2. The topological polar surface area (TPSA) is 61.3 Å². The van der Waals surface area contributed by atoms with Gasteiger partial charge in [0.25, 0.3) is 0 Å². The fraction of sp³-hybridized carbons (Fsp3) is 0.294. The number of aliphatic hydroxyl groups is 1. The van der Waals surface area contributed by atoms with E-state index in [0.717, 1.165) is 16.8 Å². The molecule has 0 spiro atoms. The predicted molar refractivity (Wildman–Crippen MR) is 98.9 cm³/mol. The average molecular weight is 397 g/mol. The maximum atomic E-state index is 14.3. The summed E-state index contributed by atoms with van der Waals surface area (Å²) in [4.78, 5) is 11.0. The monoisotopic (exact) mass is 396 g/mol. The van der Waals surface area contributed by atoms with Crippen molar-refractivity contribution in [2.75, 3.05) is 31.1 Å². The van der Waals surface area contributed by atoms with Gasteiger partial charge in [0.1, 0.15) is 11.6 Å². The van der Waals surface area contributed by atoms with Gasteiger partial charge in [0.15, 0.2) is 11.6 Å². The first-order valence-corrected chi connectivity index (χ1v) is 9.32. The molecule has 0 saturated carbocycles. The molecule has 3 heterocycles. The van der Waals surface area contributed by atoms with E-state index in [1.54, 1.807) is 0 Å². The Labute approximate surface area is 157 Å². The Morgan fingerprint density at radius 2 is 2.15 bits per heavy atom. The zero-order valence-corrected chi connectivity index (χ0v) is 15.1. The van der Waals surface area contributed by atoms with Gasteiger partial charge in [0.05, 0.1) is 27.4 Å². The van der Waals surface area contributed by atoms with Crippen LogP contribution in [-0.4, -0.2) is 47.4 Å². The number of nitrogens with zero attached hydrogens (tertiary/aromatic N) is 3. The van der Waals surface area contributed by atoms with E-state index in [1.165, 1.54) is 11.3 Å². The first-order valence-electron chi connectivity index (χ1n) is 8.06. The van der Waals surface area contributed by atoms with E-state index in [2.05, 4.69) is 15.3 Å². The van der Waals surface area contributed by atoms with Crippen molar-refractivity contribution in [2.45, 2.75) is 6.04 Å². The molecule has 1 aromatic carbocycles. The first kappa shape index (κ1) is 17.5. The van der Waals surface area contributed by atoms with E-state index < -0.39 is 11.6 Å². The molecular weight excluding hydrogens is 382 g/mol. The van der Waals surface area contributed by atoms with E-state index >= 15 is 0 Å². The molecule has 9 heteroatoms. The molecule has 2 N–H and O–H groups in total. The van der Waals surface area contributed by atoms with Gasteiger partial charge in [-0.25, -0.2) is 18.7 Å². The Bertz CT molecular complexity index is 967. The number of nitrogens with one attached hydrogen (secondary N) is 1. The van der Waals surface area contributed by atoms with Crippen LogP contribution in [0.15, 0.2) is 23.6 Å². The quantitative estimate of drug-likeness (QED) is 0.666. The minimum absolute atomic E-state index is 0.0129. The van der Waals surface area contributed by atoms with Gasteiger partial charge in [-0.05, 0) is 23.6 Å². The fourth-order valence-electron chi connectivity index (χ4n) is 3.02. The van der Waals surface area contributed by atoms with Crippen LogP contribution < -0.4 is 10.2 Å². The molecule has 1 unspecified atom stereocenters. The summed E-state index contributed by atoms with van der Waals surface area (Å²) >= 11 is 7.13. The van der Waals surface area contributed by atoms with Crippen molar-refractivity contribution in [2.24, 2.45) is 0 Å². The van der Waals surface area contributed by atoms with Crippen molar-refractivity contribution in [3.63, 3.8) is 0 Å². The number of fused-ring (bicyclic) bond motifs is 1. The smallest absolute Gasteiger partial charge is 0.165 e. The zero-order chi connectivity index (χ0) is 18.3. The van der Waals surface area contributed by atoms with Gasteiger partial charge in [-0.15, -0.1) is 11.3 Å². The van der Waals surface area contributed by atoms with Crippen LogP contribution >= 0.6 is 22.9 Å². The third-order valence-electron chi connectivity index (χ3n) is 4.31. The molecule has 0 amide bonds. The predicted octanol–water partition coefficient (Wildman–Crippen LogP) is 3.06. The second-order valence-electron chi connectivity index (χ2n) is 6.03. The highest BCUT2D eigenvalue weighted by atomic mass is 35.5. The number of halogens is 3. The highest BCUT2D eigenvalue weighted by Gasteiger charge is 2.24. The SMILES string of the molecule is OCC1CN(c2nc(-c3cc(F)c(Cl)cc3F)nc3ccsc23)CCN1. The molecule has 2 aromatic heterocycles. The summed E-state index contributed by atoms with van der Waals surface area (Å²) in [6, 6.07) is 3.70. The minimum atomic E-state index is -0.721. The molecule has 136 valence electrons. The number of piperazine rings is 1. The minimum Gasteiger partial charge on any atom is -0.395 e. The van der Waals surface area contributed by atoms with Gasteiger partial charge in [0, 0.05) is 25.7 Å². The molecule has 1 saturated heterocycles. The van der Waals surface area contributed by atoms with E-state index in [4.69, 9.17) is 11.6 Å². The summed E-state index contributed by atoms with van der Waals surface area (Å²) in [5.41, 5.74) is 0.638. The number of thiophene rings is 1. The summed E-state index contributed by atoms with van der Waals surface area (Å²) < 4.78 is 29.1. The molecule has 5 nitrogen and oxygen atoms in total. The Morgan fingerprint density at radius 3 is 2.96 bits per heavy atom. The van der Waals surface area contributed by atoms with Gasteiger partial charge in [-0.1, -0.05) is 11.6 Å². The Hall–Kier alpha value is -1.87. The van der Waals surface area contributed by atoms with E-state index in [1.807, 2.05) is 16.3 Å². The summed E-state index contributed by atoms with van der Waals surface area (Å²) in [5.74, 6) is -0.626.